The Morgan fingerprint density at radius 2 is 1.88 bits per heavy atom. The Kier molecular flexibility index (Phi) is 4.98. The Morgan fingerprint density at radius 1 is 1.06 bits per heavy atom. The van der Waals surface area contributed by atoms with Crippen LogP contribution in [0.3, 0.4) is 0 Å². The first-order valence-electron chi connectivity index (χ1n) is 10.7. The zero-order chi connectivity index (χ0) is 23.1. The number of aromatic nitrogens is 1. The number of anilines is 1. The van der Waals surface area contributed by atoms with Gasteiger partial charge in [0.05, 0.1) is 17.0 Å². The van der Waals surface area contributed by atoms with Gasteiger partial charge in [-0.25, -0.2) is 4.79 Å². The minimum Gasteiger partial charge on any atom is -0.478 e. The molecule has 33 heavy (non-hydrogen) atoms. The monoisotopic (exact) mass is 438 g/mol. The van der Waals surface area contributed by atoms with Gasteiger partial charge < -0.3 is 19.8 Å². The van der Waals surface area contributed by atoms with E-state index in [9.17, 15) is 14.7 Å². The molecule has 0 aliphatic carbocycles. The molecule has 2 heterocycles. The predicted molar refractivity (Wildman–Crippen MR) is 130 cm³/mol. The first-order valence-corrected chi connectivity index (χ1v) is 10.7. The largest absolute Gasteiger partial charge is 0.478 e. The summed E-state index contributed by atoms with van der Waals surface area (Å²) in [6, 6.07) is 19.6. The van der Waals surface area contributed by atoms with Crippen LogP contribution in [0.2, 0.25) is 0 Å². The maximum Gasteiger partial charge on any atom is 0.337 e. The number of hydrogen-bond donors (Lipinski definition) is 3. The lowest BCUT2D eigenvalue weighted by atomic mass is 10.00. The average Bonchev–Trinajstić information content (AvgIpc) is 3.27. The van der Waals surface area contributed by atoms with Crippen molar-refractivity contribution in [1.82, 2.24) is 4.98 Å². The first kappa shape index (κ1) is 20.6. The van der Waals surface area contributed by atoms with E-state index in [0.29, 0.717) is 22.4 Å². The fraction of sp³-hybridized carbons (Fsp3) is 0.111. The van der Waals surface area contributed by atoms with E-state index in [1.807, 2.05) is 56.4 Å². The molecule has 0 saturated heterocycles. The fourth-order valence-electron chi connectivity index (χ4n) is 4.21. The third-order valence-electron chi connectivity index (χ3n) is 5.84. The summed E-state index contributed by atoms with van der Waals surface area (Å²) in [6.07, 6.45) is 1.87. The van der Waals surface area contributed by atoms with Crippen LogP contribution in [0.25, 0.3) is 33.2 Å². The SMILES string of the molecule is Cc1cc(C(C)Nc2ccccc2C(=O)O)c2oc(-c3ccc4cc[nH]c4c3)cc(=O)c2c1. The van der Waals surface area contributed by atoms with E-state index in [0.717, 1.165) is 27.6 Å². The minimum atomic E-state index is -1.01. The Bertz CT molecular complexity index is 1580. The Labute approximate surface area is 189 Å². The number of carbonyl (C=O) groups is 1. The normalized spacial score (nSPS) is 12.2. The van der Waals surface area contributed by atoms with E-state index in [1.54, 1.807) is 24.3 Å². The van der Waals surface area contributed by atoms with E-state index in [2.05, 4.69) is 10.3 Å². The molecular weight excluding hydrogens is 416 g/mol. The van der Waals surface area contributed by atoms with Crippen molar-refractivity contribution < 1.29 is 14.3 Å². The van der Waals surface area contributed by atoms with Gasteiger partial charge in [0.15, 0.2) is 5.43 Å². The van der Waals surface area contributed by atoms with Gasteiger partial charge in [0.2, 0.25) is 0 Å². The van der Waals surface area contributed by atoms with Crippen LogP contribution in [0.15, 0.2) is 82.1 Å². The first-order chi connectivity index (χ1) is 15.9. The summed E-state index contributed by atoms with van der Waals surface area (Å²) in [5.41, 5.74) is 4.51. The molecule has 6 heteroatoms. The van der Waals surface area contributed by atoms with Crippen LogP contribution in [0.1, 0.15) is 34.5 Å². The quantitative estimate of drug-likeness (QED) is 0.307. The number of aromatic amines is 1. The zero-order valence-electron chi connectivity index (χ0n) is 18.2. The van der Waals surface area contributed by atoms with Gasteiger partial charge in [0.1, 0.15) is 11.3 Å². The van der Waals surface area contributed by atoms with Crippen molar-refractivity contribution in [3.05, 3.63) is 99.8 Å². The van der Waals surface area contributed by atoms with Gasteiger partial charge in [-0.05, 0) is 55.1 Å². The molecule has 0 saturated carbocycles. The second-order valence-electron chi connectivity index (χ2n) is 8.20. The molecule has 164 valence electrons. The molecule has 6 nitrogen and oxygen atoms in total. The third-order valence-corrected chi connectivity index (χ3v) is 5.84. The van der Waals surface area contributed by atoms with Gasteiger partial charge in [-0.15, -0.1) is 0 Å². The number of aromatic carboxylic acids is 1. The lowest BCUT2D eigenvalue weighted by Gasteiger charge is -2.19. The highest BCUT2D eigenvalue weighted by atomic mass is 16.4. The lowest BCUT2D eigenvalue weighted by Crippen LogP contribution is -2.12. The summed E-state index contributed by atoms with van der Waals surface area (Å²) in [5.74, 6) is -0.528. The van der Waals surface area contributed by atoms with Gasteiger partial charge in [0.25, 0.3) is 0 Å². The molecule has 0 amide bonds. The number of fused-ring (bicyclic) bond motifs is 2. The second kappa shape index (κ2) is 7.98. The standard InChI is InChI=1S/C27H22N2O4/c1-15-11-20(16(2)29-22-6-4-3-5-19(22)27(31)32)26-21(12-15)24(30)14-25(33-26)18-8-7-17-9-10-28-23(17)13-18/h3-14,16,28-29H,1-2H3,(H,31,32). The van der Waals surface area contributed by atoms with Crippen molar-refractivity contribution in [2.45, 2.75) is 19.9 Å². The zero-order valence-corrected chi connectivity index (χ0v) is 18.2. The number of carboxylic acid groups (broad SMARTS) is 1. The average molecular weight is 438 g/mol. The number of para-hydroxylation sites is 1. The van der Waals surface area contributed by atoms with Crippen molar-refractivity contribution in [1.29, 1.82) is 0 Å². The highest BCUT2D eigenvalue weighted by molar-refractivity contribution is 5.94. The molecule has 3 aromatic carbocycles. The van der Waals surface area contributed by atoms with Crippen LogP contribution in [-0.4, -0.2) is 16.1 Å². The Hall–Kier alpha value is -4.32. The third kappa shape index (κ3) is 3.76. The van der Waals surface area contributed by atoms with Crippen molar-refractivity contribution in [3.63, 3.8) is 0 Å². The lowest BCUT2D eigenvalue weighted by molar-refractivity contribution is 0.0698. The molecule has 0 aliphatic heterocycles. The van der Waals surface area contributed by atoms with Gasteiger partial charge in [-0.2, -0.15) is 0 Å². The molecule has 0 aliphatic rings. The number of aryl methyl sites for hydroxylation is 1. The predicted octanol–water partition coefficient (Wildman–Crippen LogP) is 6.12. The topological polar surface area (TPSA) is 95.3 Å². The summed E-state index contributed by atoms with van der Waals surface area (Å²) in [7, 11) is 0. The molecule has 5 aromatic rings. The summed E-state index contributed by atoms with van der Waals surface area (Å²) in [6.45, 7) is 3.85. The molecule has 1 atom stereocenters. The number of nitrogens with one attached hydrogen (secondary N) is 2. The molecule has 3 N–H and O–H groups in total. The number of benzene rings is 3. The number of H-pyrrole nitrogens is 1. The van der Waals surface area contributed by atoms with E-state index in [4.69, 9.17) is 4.42 Å². The van der Waals surface area contributed by atoms with Crippen LogP contribution in [0, 0.1) is 6.92 Å². The Balaban J connectivity index is 1.64. The Morgan fingerprint density at radius 3 is 2.70 bits per heavy atom. The molecular formula is C27H22N2O4. The van der Waals surface area contributed by atoms with Crippen molar-refractivity contribution in [3.8, 4) is 11.3 Å². The van der Waals surface area contributed by atoms with Crippen LogP contribution in [-0.2, 0) is 0 Å². The highest BCUT2D eigenvalue weighted by Crippen LogP contribution is 2.32. The van der Waals surface area contributed by atoms with E-state index < -0.39 is 5.97 Å². The molecule has 2 aromatic heterocycles. The molecule has 0 radical (unpaired) electrons. The molecule has 0 spiro atoms. The highest BCUT2D eigenvalue weighted by Gasteiger charge is 2.18. The van der Waals surface area contributed by atoms with Gasteiger partial charge >= 0.3 is 5.97 Å². The summed E-state index contributed by atoms with van der Waals surface area (Å²) in [5, 5.41) is 14.4. The van der Waals surface area contributed by atoms with Crippen molar-refractivity contribution in [2.24, 2.45) is 0 Å². The maximum absolute atomic E-state index is 13.0. The molecule has 5 rings (SSSR count). The van der Waals surface area contributed by atoms with Gasteiger partial charge in [-0.3, -0.25) is 4.79 Å². The fourth-order valence-corrected chi connectivity index (χ4v) is 4.21. The van der Waals surface area contributed by atoms with Crippen LogP contribution in [0.4, 0.5) is 5.69 Å². The minimum absolute atomic E-state index is 0.124. The van der Waals surface area contributed by atoms with Crippen molar-refractivity contribution >= 4 is 33.5 Å². The number of carboxylic acids is 1. The maximum atomic E-state index is 13.0. The molecule has 1 unspecified atom stereocenters. The second-order valence-corrected chi connectivity index (χ2v) is 8.20. The van der Waals surface area contributed by atoms with Crippen molar-refractivity contribution in [2.75, 3.05) is 5.32 Å². The van der Waals surface area contributed by atoms with Gasteiger partial charge in [0, 0.05) is 34.6 Å². The van der Waals surface area contributed by atoms with Crippen LogP contribution >= 0.6 is 0 Å². The molecule has 0 fully saturated rings. The van der Waals surface area contributed by atoms with Gasteiger partial charge in [-0.1, -0.05) is 30.3 Å². The summed E-state index contributed by atoms with van der Waals surface area (Å²) in [4.78, 5) is 27.9. The smallest absolute Gasteiger partial charge is 0.337 e. The molecule has 0 bridgehead atoms. The van der Waals surface area contributed by atoms with Crippen LogP contribution < -0.4 is 10.7 Å². The summed E-state index contributed by atoms with van der Waals surface area (Å²) < 4.78 is 6.31. The number of hydrogen-bond acceptors (Lipinski definition) is 4. The van der Waals surface area contributed by atoms with E-state index in [-0.39, 0.29) is 17.0 Å². The van der Waals surface area contributed by atoms with E-state index in [1.165, 1.54) is 6.07 Å². The van der Waals surface area contributed by atoms with Crippen LogP contribution in [0.5, 0.6) is 0 Å². The summed E-state index contributed by atoms with van der Waals surface area (Å²) >= 11 is 0. The van der Waals surface area contributed by atoms with E-state index >= 15 is 0 Å². The number of rotatable bonds is 5.